The Morgan fingerprint density at radius 3 is 2.00 bits per heavy atom. The number of hydrogen-bond donors (Lipinski definition) is 1. The Morgan fingerprint density at radius 1 is 1.06 bits per heavy atom. The molecule has 1 rings (SSSR count). The first kappa shape index (κ1) is 15.0. The van der Waals surface area contributed by atoms with Gasteiger partial charge in [-0.15, -0.1) is 0 Å². The van der Waals surface area contributed by atoms with Crippen LogP contribution in [0.5, 0.6) is 0 Å². The maximum absolute atomic E-state index is 6.11. The van der Waals surface area contributed by atoms with E-state index in [1.165, 1.54) is 57.9 Å². The molecule has 0 atom stereocenters. The Labute approximate surface area is 108 Å². The summed E-state index contributed by atoms with van der Waals surface area (Å²) < 4.78 is 0. The molecular weight excluding hydrogens is 208 g/mol. The molecule has 2 heteroatoms. The second kappa shape index (κ2) is 7.38. The predicted molar refractivity (Wildman–Crippen MR) is 76.2 cm³/mol. The summed E-state index contributed by atoms with van der Waals surface area (Å²) in [5.74, 6) is 0. The lowest BCUT2D eigenvalue weighted by molar-refractivity contribution is 0.118. The SMILES string of the molecule is CCC(CC)N(C)CC1(CN)CCCCCC1. The summed E-state index contributed by atoms with van der Waals surface area (Å²) >= 11 is 0. The zero-order valence-corrected chi connectivity index (χ0v) is 12.2. The van der Waals surface area contributed by atoms with E-state index in [2.05, 4.69) is 25.8 Å². The van der Waals surface area contributed by atoms with E-state index < -0.39 is 0 Å². The maximum atomic E-state index is 6.11. The summed E-state index contributed by atoms with van der Waals surface area (Å²) in [6.45, 7) is 6.67. The highest BCUT2D eigenvalue weighted by atomic mass is 15.1. The van der Waals surface area contributed by atoms with Gasteiger partial charge in [0.1, 0.15) is 0 Å². The van der Waals surface area contributed by atoms with Crippen molar-refractivity contribution in [1.82, 2.24) is 4.90 Å². The first-order valence-electron chi connectivity index (χ1n) is 7.57. The van der Waals surface area contributed by atoms with Crippen LogP contribution in [0.1, 0.15) is 65.2 Å². The summed E-state index contributed by atoms with van der Waals surface area (Å²) in [5, 5.41) is 0. The van der Waals surface area contributed by atoms with Crippen molar-refractivity contribution < 1.29 is 0 Å². The average molecular weight is 240 g/mol. The van der Waals surface area contributed by atoms with Gasteiger partial charge >= 0.3 is 0 Å². The summed E-state index contributed by atoms with van der Waals surface area (Å²) in [7, 11) is 2.29. The molecule has 1 aliphatic rings. The van der Waals surface area contributed by atoms with Crippen LogP contribution >= 0.6 is 0 Å². The summed E-state index contributed by atoms with van der Waals surface area (Å²) in [6.07, 6.45) is 10.8. The molecule has 0 unspecified atom stereocenters. The topological polar surface area (TPSA) is 29.3 Å². The number of nitrogens with zero attached hydrogens (tertiary/aromatic N) is 1. The molecule has 0 aliphatic heterocycles. The minimum atomic E-state index is 0.411. The van der Waals surface area contributed by atoms with E-state index in [9.17, 15) is 0 Å². The minimum absolute atomic E-state index is 0.411. The molecule has 1 aliphatic carbocycles. The van der Waals surface area contributed by atoms with Crippen molar-refractivity contribution in [2.24, 2.45) is 11.1 Å². The van der Waals surface area contributed by atoms with Crippen LogP contribution in [0.15, 0.2) is 0 Å². The highest BCUT2D eigenvalue weighted by Crippen LogP contribution is 2.35. The van der Waals surface area contributed by atoms with Crippen LogP contribution in [0.2, 0.25) is 0 Å². The van der Waals surface area contributed by atoms with Gasteiger partial charge in [0.25, 0.3) is 0 Å². The second-order valence-corrected chi connectivity index (χ2v) is 6.00. The van der Waals surface area contributed by atoms with Gasteiger partial charge in [0.05, 0.1) is 0 Å². The highest BCUT2D eigenvalue weighted by molar-refractivity contribution is 4.86. The molecule has 0 aromatic rings. The Kier molecular flexibility index (Phi) is 6.50. The molecule has 2 nitrogen and oxygen atoms in total. The van der Waals surface area contributed by atoms with Crippen LogP contribution in [0.3, 0.4) is 0 Å². The molecule has 0 saturated heterocycles. The molecule has 102 valence electrons. The van der Waals surface area contributed by atoms with E-state index in [0.717, 1.165) is 12.6 Å². The molecule has 0 amide bonds. The molecule has 1 fully saturated rings. The molecule has 0 heterocycles. The lowest BCUT2D eigenvalue weighted by Gasteiger charge is -2.38. The van der Waals surface area contributed by atoms with Gasteiger partial charge < -0.3 is 10.6 Å². The van der Waals surface area contributed by atoms with Crippen LogP contribution in [-0.2, 0) is 0 Å². The normalized spacial score (nSPS) is 20.8. The number of nitrogens with two attached hydrogens (primary N) is 1. The molecular formula is C15H32N2. The fourth-order valence-electron chi connectivity index (χ4n) is 3.48. The zero-order chi connectivity index (χ0) is 12.7. The van der Waals surface area contributed by atoms with Crippen molar-refractivity contribution in [3.05, 3.63) is 0 Å². The molecule has 0 spiro atoms. The van der Waals surface area contributed by atoms with E-state index in [1.807, 2.05) is 0 Å². The van der Waals surface area contributed by atoms with Gasteiger partial charge in [0, 0.05) is 12.6 Å². The summed E-state index contributed by atoms with van der Waals surface area (Å²) in [4.78, 5) is 2.57. The van der Waals surface area contributed by atoms with Gasteiger partial charge in [-0.3, -0.25) is 0 Å². The van der Waals surface area contributed by atoms with E-state index in [0.29, 0.717) is 5.41 Å². The Bertz CT molecular complexity index is 191. The van der Waals surface area contributed by atoms with Crippen LogP contribution in [0.4, 0.5) is 0 Å². The number of hydrogen-bond acceptors (Lipinski definition) is 2. The van der Waals surface area contributed by atoms with E-state index in [4.69, 9.17) is 5.73 Å². The largest absolute Gasteiger partial charge is 0.330 e. The number of rotatable bonds is 6. The first-order valence-corrected chi connectivity index (χ1v) is 7.57. The maximum Gasteiger partial charge on any atom is 0.00872 e. The van der Waals surface area contributed by atoms with E-state index in [1.54, 1.807) is 0 Å². The van der Waals surface area contributed by atoms with Crippen molar-refractivity contribution in [2.75, 3.05) is 20.1 Å². The van der Waals surface area contributed by atoms with Crippen molar-refractivity contribution >= 4 is 0 Å². The van der Waals surface area contributed by atoms with Gasteiger partial charge in [0.2, 0.25) is 0 Å². The zero-order valence-electron chi connectivity index (χ0n) is 12.2. The van der Waals surface area contributed by atoms with E-state index >= 15 is 0 Å². The first-order chi connectivity index (χ1) is 8.17. The molecule has 2 N–H and O–H groups in total. The Morgan fingerprint density at radius 2 is 1.59 bits per heavy atom. The van der Waals surface area contributed by atoms with Gasteiger partial charge in [-0.2, -0.15) is 0 Å². The van der Waals surface area contributed by atoms with Gasteiger partial charge in [-0.05, 0) is 44.7 Å². The molecule has 17 heavy (non-hydrogen) atoms. The van der Waals surface area contributed by atoms with Crippen molar-refractivity contribution in [3.63, 3.8) is 0 Å². The molecule has 0 bridgehead atoms. The molecule has 0 aromatic heterocycles. The van der Waals surface area contributed by atoms with Crippen LogP contribution in [0, 0.1) is 5.41 Å². The minimum Gasteiger partial charge on any atom is -0.330 e. The van der Waals surface area contributed by atoms with E-state index in [-0.39, 0.29) is 0 Å². The molecule has 1 saturated carbocycles. The quantitative estimate of drug-likeness (QED) is 0.721. The van der Waals surface area contributed by atoms with Crippen molar-refractivity contribution in [2.45, 2.75) is 71.3 Å². The fourth-order valence-corrected chi connectivity index (χ4v) is 3.48. The second-order valence-electron chi connectivity index (χ2n) is 6.00. The smallest absolute Gasteiger partial charge is 0.00872 e. The van der Waals surface area contributed by atoms with Gasteiger partial charge in [0.15, 0.2) is 0 Å². The van der Waals surface area contributed by atoms with Gasteiger partial charge in [-0.1, -0.05) is 39.5 Å². The predicted octanol–water partition coefficient (Wildman–Crippen LogP) is 3.41. The Balaban J connectivity index is 2.59. The third-order valence-electron chi connectivity index (χ3n) is 4.75. The molecule has 0 aromatic carbocycles. The van der Waals surface area contributed by atoms with Gasteiger partial charge in [-0.25, -0.2) is 0 Å². The third kappa shape index (κ3) is 4.26. The van der Waals surface area contributed by atoms with Crippen molar-refractivity contribution in [1.29, 1.82) is 0 Å². The summed E-state index contributed by atoms with van der Waals surface area (Å²) in [5.41, 5.74) is 6.52. The Hall–Kier alpha value is -0.0800. The lowest BCUT2D eigenvalue weighted by atomic mass is 9.79. The monoisotopic (exact) mass is 240 g/mol. The van der Waals surface area contributed by atoms with Crippen LogP contribution < -0.4 is 5.73 Å². The third-order valence-corrected chi connectivity index (χ3v) is 4.75. The average Bonchev–Trinajstić information content (AvgIpc) is 2.57. The molecule has 0 radical (unpaired) electrons. The van der Waals surface area contributed by atoms with Crippen LogP contribution in [-0.4, -0.2) is 31.1 Å². The lowest BCUT2D eigenvalue weighted by Crippen LogP contribution is -2.44. The fraction of sp³-hybridized carbons (Fsp3) is 1.00. The highest BCUT2D eigenvalue weighted by Gasteiger charge is 2.31. The van der Waals surface area contributed by atoms with Crippen molar-refractivity contribution in [3.8, 4) is 0 Å². The van der Waals surface area contributed by atoms with Crippen LogP contribution in [0.25, 0.3) is 0 Å². The summed E-state index contributed by atoms with van der Waals surface area (Å²) in [6, 6.07) is 0.738. The standard InChI is InChI=1S/C15H32N2/c1-4-14(5-2)17(3)13-15(12-16)10-8-6-7-9-11-15/h14H,4-13,16H2,1-3H3.